The van der Waals surface area contributed by atoms with Gasteiger partial charge in [0.15, 0.2) is 8.32 Å². The number of ether oxygens (including phenoxy) is 2. The van der Waals surface area contributed by atoms with Gasteiger partial charge in [-0.25, -0.2) is 22.9 Å². The van der Waals surface area contributed by atoms with Crippen LogP contribution in [0.25, 0.3) is 11.3 Å². The highest BCUT2D eigenvalue weighted by Crippen LogP contribution is 2.40. The molecule has 1 aromatic carbocycles. The van der Waals surface area contributed by atoms with E-state index in [0.29, 0.717) is 24.5 Å². The number of benzene rings is 1. The summed E-state index contributed by atoms with van der Waals surface area (Å²) >= 11 is 0. The summed E-state index contributed by atoms with van der Waals surface area (Å²) in [6, 6.07) is 5.89. The van der Waals surface area contributed by atoms with Crippen molar-refractivity contribution in [2.24, 2.45) is 5.92 Å². The van der Waals surface area contributed by atoms with Gasteiger partial charge in [-0.3, -0.25) is 4.98 Å². The minimum Gasteiger partial charge on any atom is -0.490 e. The molecule has 1 amide bonds. The zero-order valence-corrected chi connectivity index (χ0v) is 33.2. The smallest absolute Gasteiger partial charge is 0.408 e. The average molecular weight is 746 g/mol. The average Bonchev–Trinajstić information content (AvgIpc) is 2.99. The van der Waals surface area contributed by atoms with Gasteiger partial charge < -0.3 is 34.5 Å². The number of aliphatic hydroxyl groups is 1. The summed E-state index contributed by atoms with van der Waals surface area (Å²) in [7, 11) is -2.22. The number of hydrogen-bond acceptors (Lipinski definition) is 9. The van der Waals surface area contributed by atoms with Crippen molar-refractivity contribution in [2.75, 3.05) is 29.9 Å². The predicted octanol–water partition coefficient (Wildman–Crippen LogP) is 8.06. The normalized spacial score (nSPS) is 18.6. The second kappa shape index (κ2) is 15.6. The standard InChI is InChI=1S/C38H54F3N5O5Si/c1-23-20-46(21-30(45-35(47)50-36(2,3)4)34(23)51-52(10,11)37(5,6)7)31-14-15-42-19-29(31)43-18-24-12-13-26(39)33(44-24)32-27(40)16-25(17-28(32)41)49-22-38(8,9)48/h12-17,19,23,30,34,43,48H,18,20-22H2,1-11H3,(H,45,47)/t23-,30+,34+/m0/s1. The highest BCUT2D eigenvalue weighted by molar-refractivity contribution is 6.74. The molecule has 52 heavy (non-hydrogen) atoms. The van der Waals surface area contributed by atoms with E-state index >= 15 is 13.2 Å². The summed E-state index contributed by atoms with van der Waals surface area (Å²) in [6.07, 6.45) is 2.55. The van der Waals surface area contributed by atoms with Crippen LogP contribution in [0.5, 0.6) is 5.75 Å². The van der Waals surface area contributed by atoms with Crippen molar-refractivity contribution < 1.29 is 37.0 Å². The fourth-order valence-corrected chi connectivity index (χ4v) is 7.05. The van der Waals surface area contributed by atoms with Crippen molar-refractivity contribution >= 4 is 25.8 Å². The second-order valence-electron chi connectivity index (χ2n) is 16.7. The number of anilines is 2. The molecule has 3 aromatic rings. The van der Waals surface area contributed by atoms with E-state index < -0.39 is 60.4 Å². The summed E-state index contributed by atoms with van der Waals surface area (Å²) in [5, 5.41) is 16.3. The largest absolute Gasteiger partial charge is 0.490 e. The lowest BCUT2D eigenvalue weighted by atomic mass is 9.92. The van der Waals surface area contributed by atoms with Crippen LogP contribution >= 0.6 is 0 Å². The van der Waals surface area contributed by atoms with E-state index in [4.69, 9.17) is 13.9 Å². The number of piperidine rings is 1. The number of carbonyl (C=O) groups is 1. The summed E-state index contributed by atoms with van der Waals surface area (Å²) < 4.78 is 63.2. The first-order chi connectivity index (χ1) is 23.9. The Balaban J connectivity index is 1.57. The van der Waals surface area contributed by atoms with E-state index in [2.05, 4.69) is 66.3 Å². The number of nitrogens with zero attached hydrogens (tertiary/aromatic N) is 3. The molecular formula is C38H54F3N5O5Si. The number of alkyl carbamates (subject to hydrolysis) is 1. The monoisotopic (exact) mass is 745 g/mol. The number of halogens is 3. The second-order valence-corrected chi connectivity index (χ2v) is 21.5. The van der Waals surface area contributed by atoms with Crippen molar-refractivity contribution in [1.82, 2.24) is 15.3 Å². The van der Waals surface area contributed by atoms with Gasteiger partial charge in [0, 0.05) is 37.3 Å². The minimum atomic E-state index is -2.22. The number of carbonyl (C=O) groups excluding carboxylic acids is 1. The quantitative estimate of drug-likeness (QED) is 0.168. The van der Waals surface area contributed by atoms with E-state index in [-0.39, 0.29) is 36.0 Å². The Labute approximate surface area is 306 Å². The summed E-state index contributed by atoms with van der Waals surface area (Å²) in [5.74, 6) is -3.13. The molecule has 0 bridgehead atoms. The Morgan fingerprint density at radius 3 is 2.25 bits per heavy atom. The van der Waals surface area contributed by atoms with Gasteiger partial charge in [0.25, 0.3) is 0 Å². The van der Waals surface area contributed by atoms with Crippen LogP contribution in [0.3, 0.4) is 0 Å². The maximum absolute atomic E-state index is 15.2. The fraction of sp³-hybridized carbons (Fsp3) is 0.553. The Morgan fingerprint density at radius 2 is 1.65 bits per heavy atom. The van der Waals surface area contributed by atoms with Crippen LogP contribution in [0.15, 0.2) is 42.7 Å². The molecule has 14 heteroatoms. The zero-order chi connectivity index (χ0) is 38.8. The molecular weight excluding hydrogens is 692 g/mol. The Kier molecular flexibility index (Phi) is 12.3. The molecule has 1 aliphatic rings. The van der Waals surface area contributed by atoms with E-state index in [1.807, 2.05) is 26.8 Å². The maximum Gasteiger partial charge on any atom is 0.408 e. The van der Waals surface area contributed by atoms with Gasteiger partial charge in [-0.05, 0) is 71.0 Å². The van der Waals surface area contributed by atoms with Gasteiger partial charge in [-0.1, -0.05) is 27.7 Å². The first kappa shape index (κ1) is 40.9. The van der Waals surface area contributed by atoms with Gasteiger partial charge in [0.05, 0.1) is 53.1 Å². The molecule has 0 saturated carbocycles. The third-order valence-electron chi connectivity index (χ3n) is 9.17. The molecule has 0 radical (unpaired) electrons. The topological polar surface area (TPSA) is 118 Å². The van der Waals surface area contributed by atoms with Crippen molar-refractivity contribution in [3.8, 4) is 17.0 Å². The summed E-state index contributed by atoms with van der Waals surface area (Å²) in [4.78, 5) is 23.8. The molecule has 3 atom stereocenters. The molecule has 1 fully saturated rings. The van der Waals surface area contributed by atoms with Crippen LogP contribution in [-0.4, -0.2) is 72.5 Å². The minimum absolute atomic E-state index is 0.0156. The van der Waals surface area contributed by atoms with Crippen LogP contribution in [-0.2, 0) is 15.7 Å². The first-order valence-corrected chi connectivity index (χ1v) is 20.4. The molecule has 2 aromatic heterocycles. The molecule has 3 heterocycles. The number of hydrogen-bond donors (Lipinski definition) is 3. The number of rotatable bonds is 11. The van der Waals surface area contributed by atoms with Gasteiger partial charge in [-0.2, -0.15) is 0 Å². The van der Waals surface area contributed by atoms with E-state index in [1.165, 1.54) is 19.9 Å². The lowest BCUT2D eigenvalue weighted by Gasteiger charge is -2.48. The first-order valence-electron chi connectivity index (χ1n) is 17.5. The van der Waals surface area contributed by atoms with Crippen LogP contribution in [0.4, 0.5) is 29.3 Å². The lowest BCUT2D eigenvalue weighted by molar-refractivity contribution is 0.0282. The van der Waals surface area contributed by atoms with E-state index in [0.717, 1.165) is 23.9 Å². The predicted molar refractivity (Wildman–Crippen MR) is 200 cm³/mol. The lowest BCUT2D eigenvalue weighted by Crippen LogP contribution is -2.62. The van der Waals surface area contributed by atoms with E-state index in [9.17, 15) is 9.90 Å². The van der Waals surface area contributed by atoms with Crippen LogP contribution in [0.2, 0.25) is 18.1 Å². The molecule has 0 aliphatic carbocycles. The maximum atomic E-state index is 15.2. The van der Waals surface area contributed by atoms with Gasteiger partial charge in [0.2, 0.25) is 0 Å². The van der Waals surface area contributed by atoms with Crippen molar-refractivity contribution in [3.05, 3.63) is 65.9 Å². The molecule has 286 valence electrons. The van der Waals surface area contributed by atoms with Gasteiger partial charge in [0.1, 0.15) is 41.1 Å². The highest BCUT2D eigenvalue weighted by atomic mass is 28.4. The number of amides is 1. The van der Waals surface area contributed by atoms with Gasteiger partial charge in [-0.15, -0.1) is 0 Å². The number of pyridine rings is 2. The molecule has 0 spiro atoms. The molecule has 4 rings (SSSR count). The molecule has 1 saturated heterocycles. The highest BCUT2D eigenvalue weighted by Gasteiger charge is 2.45. The molecule has 10 nitrogen and oxygen atoms in total. The zero-order valence-electron chi connectivity index (χ0n) is 32.2. The van der Waals surface area contributed by atoms with Crippen molar-refractivity contribution in [2.45, 2.75) is 110 Å². The van der Waals surface area contributed by atoms with Crippen molar-refractivity contribution in [1.29, 1.82) is 0 Å². The third kappa shape index (κ3) is 10.6. The SMILES string of the molecule is C[C@H]1CN(c2ccncc2NCc2ccc(F)c(-c3c(F)cc(OCC(C)(C)O)cc3F)n2)C[C@@H](NC(=O)OC(C)(C)C)[C@@H]1O[Si](C)(C)C(C)(C)C. The van der Waals surface area contributed by atoms with Crippen LogP contribution in [0.1, 0.15) is 68.0 Å². The Bertz CT molecular complexity index is 1700. The third-order valence-corrected chi connectivity index (χ3v) is 13.6. The van der Waals surface area contributed by atoms with Crippen molar-refractivity contribution in [3.63, 3.8) is 0 Å². The van der Waals surface area contributed by atoms with E-state index in [1.54, 1.807) is 12.4 Å². The summed E-state index contributed by atoms with van der Waals surface area (Å²) in [6.45, 7) is 22.4. The Morgan fingerprint density at radius 1 is 1.00 bits per heavy atom. The molecule has 3 N–H and O–H groups in total. The molecule has 1 aliphatic heterocycles. The summed E-state index contributed by atoms with van der Waals surface area (Å²) in [5.41, 5.74) is -1.23. The number of aromatic nitrogens is 2. The fourth-order valence-electron chi connectivity index (χ4n) is 5.62. The number of nitrogens with one attached hydrogen (secondary N) is 2. The Hall–Kier alpha value is -3.88. The van der Waals surface area contributed by atoms with Crippen LogP contribution < -0.4 is 20.3 Å². The van der Waals surface area contributed by atoms with Crippen LogP contribution in [0, 0.1) is 23.4 Å². The van der Waals surface area contributed by atoms with Gasteiger partial charge >= 0.3 is 6.09 Å². The molecule has 0 unspecified atom stereocenters.